The van der Waals surface area contributed by atoms with E-state index in [2.05, 4.69) is 41.0 Å². The molecule has 2 heterocycles. The molecule has 0 spiro atoms. The molecule has 106 valence electrons. The van der Waals surface area contributed by atoms with Gasteiger partial charge < -0.3 is 0 Å². The Labute approximate surface area is 128 Å². The Morgan fingerprint density at radius 1 is 1.00 bits per heavy atom. The minimum absolute atomic E-state index is 0.428. The van der Waals surface area contributed by atoms with Crippen LogP contribution in [0, 0.1) is 13.8 Å². The first-order valence-corrected chi connectivity index (χ1v) is 7.02. The van der Waals surface area contributed by atoms with Crippen molar-refractivity contribution >= 4 is 11.6 Å². The first-order chi connectivity index (χ1) is 10.0. The Balaban J connectivity index is 2.11. The average Bonchev–Trinajstić information content (AvgIpc) is 2.88. The van der Waals surface area contributed by atoms with Crippen molar-refractivity contribution in [1.29, 1.82) is 0 Å². The van der Waals surface area contributed by atoms with E-state index in [1.165, 1.54) is 11.1 Å². The lowest BCUT2D eigenvalue weighted by molar-refractivity contribution is 0.768. The molecule has 0 atom stereocenters. The molecule has 0 N–H and O–H groups in total. The van der Waals surface area contributed by atoms with Crippen molar-refractivity contribution in [1.82, 2.24) is 19.7 Å². The van der Waals surface area contributed by atoms with Gasteiger partial charge in [0.2, 0.25) is 0 Å². The average molecular weight is 299 g/mol. The van der Waals surface area contributed by atoms with Crippen LogP contribution < -0.4 is 0 Å². The van der Waals surface area contributed by atoms with Gasteiger partial charge in [0, 0.05) is 30.4 Å². The van der Waals surface area contributed by atoms with Gasteiger partial charge in [0.05, 0.1) is 11.9 Å². The molecule has 0 aliphatic rings. The zero-order valence-corrected chi connectivity index (χ0v) is 12.9. The van der Waals surface area contributed by atoms with Crippen LogP contribution in [0.5, 0.6) is 0 Å². The third-order valence-corrected chi connectivity index (χ3v) is 3.65. The van der Waals surface area contributed by atoms with Crippen molar-refractivity contribution in [3.63, 3.8) is 0 Å². The number of hydrogen-bond donors (Lipinski definition) is 0. The molecule has 0 aliphatic carbocycles. The summed E-state index contributed by atoms with van der Waals surface area (Å²) in [7, 11) is 1.87. The van der Waals surface area contributed by atoms with Crippen LogP contribution in [0.15, 0.2) is 36.7 Å². The molecule has 5 heteroatoms. The number of halogens is 1. The fraction of sp³-hybridized carbons (Fsp3) is 0.188. The van der Waals surface area contributed by atoms with Crippen LogP contribution in [0.4, 0.5) is 0 Å². The van der Waals surface area contributed by atoms with Crippen molar-refractivity contribution in [3.8, 4) is 22.6 Å². The van der Waals surface area contributed by atoms with Crippen LogP contribution >= 0.6 is 11.6 Å². The van der Waals surface area contributed by atoms with Gasteiger partial charge in [0.15, 0.2) is 5.82 Å². The van der Waals surface area contributed by atoms with Gasteiger partial charge in [-0.05, 0) is 31.0 Å². The summed E-state index contributed by atoms with van der Waals surface area (Å²) in [4.78, 5) is 8.94. The van der Waals surface area contributed by atoms with E-state index in [9.17, 15) is 0 Å². The highest BCUT2D eigenvalue weighted by molar-refractivity contribution is 6.29. The Morgan fingerprint density at radius 3 is 2.48 bits per heavy atom. The molecule has 0 amide bonds. The lowest BCUT2D eigenvalue weighted by Crippen LogP contribution is -1.94. The van der Waals surface area contributed by atoms with Crippen molar-refractivity contribution in [2.24, 2.45) is 7.05 Å². The molecule has 0 saturated heterocycles. The summed E-state index contributed by atoms with van der Waals surface area (Å²) < 4.78 is 1.74. The molecule has 0 unspecified atom stereocenters. The standard InChI is InChI=1S/C16H15ClN4/c1-10-4-5-12(6-11(10)2)16-19-14(7-15(17)20-16)13-8-18-21(3)9-13/h4-9H,1-3H3. The van der Waals surface area contributed by atoms with E-state index in [1.807, 2.05) is 19.3 Å². The summed E-state index contributed by atoms with van der Waals surface area (Å²) in [6, 6.07) is 7.91. The fourth-order valence-corrected chi connectivity index (χ4v) is 2.31. The summed E-state index contributed by atoms with van der Waals surface area (Å²) in [5.41, 5.74) is 5.11. The zero-order chi connectivity index (χ0) is 15.0. The lowest BCUT2D eigenvalue weighted by atomic mass is 10.1. The Bertz CT molecular complexity index is 808. The fourth-order valence-electron chi connectivity index (χ4n) is 2.13. The largest absolute Gasteiger partial charge is 0.275 e. The van der Waals surface area contributed by atoms with Crippen LogP contribution in [0.25, 0.3) is 22.6 Å². The number of benzene rings is 1. The van der Waals surface area contributed by atoms with Crippen molar-refractivity contribution < 1.29 is 0 Å². The molecule has 0 saturated carbocycles. The van der Waals surface area contributed by atoms with E-state index in [0.717, 1.165) is 16.8 Å². The molecular weight excluding hydrogens is 284 g/mol. The maximum Gasteiger partial charge on any atom is 0.161 e. The molecule has 0 bridgehead atoms. The van der Waals surface area contributed by atoms with E-state index < -0.39 is 0 Å². The molecule has 1 aromatic carbocycles. The molecule has 2 aromatic heterocycles. The second kappa shape index (κ2) is 5.30. The van der Waals surface area contributed by atoms with Gasteiger partial charge in [-0.15, -0.1) is 0 Å². The van der Waals surface area contributed by atoms with E-state index in [1.54, 1.807) is 16.9 Å². The van der Waals surface area contributed by atoms with Crippen LogP contribution in [0.2, 0.25) is 5.15 Å². The summed E-state index contributed by atoms with van der Waals surface area (Å²) in [6.07, 6.45) is 3.67. The minimum atomic E-state index is 0.428. The second-order valence-electron chi connectivity index (χ2n) is 5.10. The SMILES string of the molecule is Cc1ccc(-c2nc(Cl)cc(-c3cnn(C)c3)n2)cc1C. The zero-order valence-electron chi connectivity index (χ0n) is 12.1. The van der Waals surface area contributed by atoms with Crippen LogP contribution in [0.3, 0.4) is 0 Å². The molecule has 0 fully saturated rings. The number of rotatable bonds is 2. The van der Waals surface area contributed by atoms with Gasteiger partial charge >= 0.3 is 0 Å². The number of nitrogens with zero attached hydrogens (tertiary/aromatic N) is 4. The predicted molar refractivity (Wildman–Crippen MR) is 84.2 cm³/mol. The van der Waals surface area contributed by atoms with Gasteiger partial charge in [-0.1, -0.05) is 23.7 Å². The lowest BCUT2D eigenvalue weighted by Gasteiger charge is -2.06. The highest BCUT2D eigenvalue weighted by Gasteiger charge is 2.09. The van der Waals surface area contributed by atoms with Crippen molar-refractivity contribution in [3.05, 3.63) is 52.9 Å². The topological polar surface area (TPSA) is 43.6 Å². The molecule has 3 rings (SSSR count). The van der Waals surface area contributed by atoms with Gasteiger partial charge in [-0.2, -0.15) is 5.10 Å². The van der Waals surface area contributed by atoms with Gasteiger partial charge in [-0.3, -0.25) is 4.68 Å². The third-order valence-electron chi connectivity index (χ3n) is 3.46. The smallest absolute Gasteiger partial charge is 0.161 e. The second-order valence-corrected chi connectivity index (χ2v) is 5.49. The van der Waals surface area contributed by atoms with Crippen LogP contribution in [-0.2, 0) is 7.05 Å². The Morgan fingerprint density at radius 2 is 1.81 bits per heavy atom. The monoisotopic (exact) mass is 298 g/mol. The highest BCUT2D eigenvalue weighted by Crippen LogP contribution is 2.25. The van der Waals surface area contributed by atoms with E-state index in [4.69, 9.17) is 11.6 Å². The third kappa shape index (κ3) is 2.81. The number of hydrogen-bond acceptors (Lipinski definition) is 3. The van der Waals surface area contributed by atoms with Crippen molar-refractivity contribution in [2.75, 3.05) is 0 Å². The number of aromatic nitrogens is 4. The van der Waals surface area contributed by atoms with E-state index in [0.29, 0.717) is 11.0 Å². The maximum atomic E-state index is 6.15. The van der Waals surface area contributed by atoms with Gasteiger partial charge in [-0.25, -0.2) is 9.97 Å². The summed E-state index contributed by atoms with van der Waals surface area (Å²) in [6.45, 7) is 4.16. The molecule has 3 aromatic rings. The maximum absolute atomic E-state index is 6.15. The Hall–Kier alpha value is -2.20. The quantitative estimate of drug-likeness (QED) is 0.676. The number of aryl methyl sites for hydroxylation is 3. The molecule has 4 nitrogen and oxygen atoms in total. The summed E-state index contributed by atoms with van der Waals surface area (Å²) in [5.74, 6) is 0.629. The van der Waals surface area contributed by atoms with Crippen LogP contribution in [0.1, 0.15) is 11.1 Å². The highest BCUT2D eigenvalue weighted by atomic mass is 35.5. The summed E-state index contributed by atoms with van der Waals surface area (Å²) >= 11 is 6.15. The van der Waals surface area contributed by atoms with E-state index >= 15 is 0 Å². The molecular formula is C16H15ClN4. The minimum Gasteiger partial charge on any atom is -0.275 e. The first-order valence-electron chi connectivity index (χ1n) is 6.64. The van der Waals surface area contributed by atoms with Crippen molar-refractivity contribution in [2.45, 2.75) is 13.8 Å². The first kappa shape index (κ1) is 13.8. The van der Waals surface area contributed by atoms with Crippen LogP contribution in [-0.4, -0.2) is 19.7 Å². The van der Waals surface area contributed by atoms with Gasteiger partial charge in [0.25, 0.3) is 0 Å². The van der Waals surface area contributed by atoms with Gasteiger partial charge in [0.1, 0.15) is 5.15 Å². The molecule has 21 heavy (non-hydrogen) atoms. The predicted octanol–water partition coefficient (Wildman–Crippen LogP) is 3.81. The van der Waals surface area contributed by atoms with E-state index in [-0.39, 0.29) is 0 Å². The molecule has 0 aliphatic heterocycles. The summed E-state index contributed by atoms with van der Waals surface area (Å²) in [5, 5.41) is 4.59. The molecule has 0 radical (unpaired) electrons. The Kier molecular flexibility index (Phi) is 3.47. The normalized spacial score (nSPS) is 10.9.